The Balaban J connectivity index is 1.85. The van der Waals surface area contributed by atoms with Gasteiger partial charge in [-0.05, 0) is 17.9 Å². The number of nitrogens with zero attached hydrogens (tertiary/aromatic N) is 2. The van der Waals surface area contributed by atoms with Crippen LogP contribution < -0.4 is 5.56 Å². The van der Waals surface area contributed by atoms with Crippen molar-refractivity contribution in [2.24, 2.45) is 0 Å². The second-order valence-electron chi connectivity index (χ2n) is 7.60. The molecule has 128 valence electrons. The first-order valence-corrected chi connectivity index (χ1v) is 8.38. The molecule has 0 saturated heterocycles. The van der Waals surface area contributed by atoms with Gasteiger partial charge in [0.2, 0.25) is 0 Å². The minimum atomic E-state index is -0.104. The van der Waals surface area contributed by atoms with Crippen LogP contribution in [-0.2, 0) is 24.9 Å². The van der Waals surface area contributed by atoms with Crippen LogP contribution in [0.15, 0.2) is 23.0 Å². The van der Waals surface area contributed by atoms with Gasteiger partial charge in [0, 0.05) is 31.6 Å². The van der Waals surface area contributed by atoms with Crippen molar-refractivity contribution in [2.75, 3.05) is 6.54 Å². The van der Waals surface area contributed by atoms with E-state index in [4.69, 9.17) is 0 Å². The van der Waals surface area contributed by atoms with Crippen LogP contribution in [0.25, 0.3) is 0 Å². The monoisotopic (exact) mass is 327 g/mol. The Morgan fingerprint density at radius 3 is 2.79 bits per heavy atom. The van der Waals surface area contributed by atoms with Crippen molar-refractivity contribution in [2.45, 2.75) is 52.6 Å². The molecule has 0 bridgehead atoms. The number of para-hydroxylation sites is 1. The normalized spacial score (nSPS) is 15.3. The van der Waals surface area contributed by atoms with Gasteiger partial charge in [-0.2, -0.15) is 0 Å². The summed E-state index contributed by atoms with van der Waals surface area (Å²) in [7, 11) is 0. The van der Waals surface area contributed by atoms with Crippen LogP contribution in [0, 0.1) is 6.92 Å². The van der Waals surface area contributed by atoms with Crippen LogP contribution >= 0.6 is 0 Å². The van der Waals surface area contributed by atoms with Crippen LogP contribution in [0.1, 0.15) is 49.0 Å². The van der Waals surface area contributed by atoms with E-state index in [2.05, 4.69) is 35.6 Å². The molecule has 3 rings (SSSR count). The molecule has 0 saturated carbocycles. The fourth-order valence-electron chi connectivity index (χ4n) is 3.31. The van der Waals surface area contributed by atoms with Crippen molar-refractivity contribution in [1.29, 1.82) is 0 Å². The highest BCUT2D eigenvalue weighted by atomic mass is 16.3. The molecule has 0 fully saturated rings. The summed E-state index contributed by atoms with van der Waals surface area (Å²) in [6.45, 7) is 10.1. The number of aryl methyl sites for hydroxylation is 1. The fraction of sp³-hybridized carbons (Fsp3) is 0.474. The molecule has 0 radical (unpaired) electrons. The van der Waals surface area contributed by atoms with Gasteiger partial charge in [-0.15, -0.1) is 0 Å². The SMILES string of the molecule is Cc1nc2c(c(=O)[nH]1)CN(Cc1cccc(C(C)(C)C)c1O)CC2. The molecular formula is C19H25N3O2. The molecule has 1 aromatic carbocycles. The summed E-state index contributed by atoms with van der Waals surface area (Å²) in [6.07, 6.45) is 0.764. The first-order valence-electron chi connectivity index (χ1n) is 8.38. The summed E-state index contributed by atoms with van der Waals surface area (Å²) in [5.74, 6) is 1.04. The number of hydrogen-bond donors (Lipinski definition) is 2. The van der Waals surface area contributed by atoms with E-state index in [0.29, 0.717) is 24.7 Å². The smallest absolute Gasteiger partial charge is 0.255 e. The zero-order valence-electron chi connectivity index (χ0n) is 14.8. The molecule has 5 nitrogen and oxygen atoms in total. The number of benzene rings is 1. The first-order chi connectivity index (χ1) is 11.3. The number of phenols is 1. The lowest BCUT2D eigenvalue weighted by Gasteiger charge is -2.29. The van der Waals surface area contributed by atoms with Gasteiger partial charge in [-0.1, -0.05) is 39.0 Å². The Morgan fingerprint density at radius 1 is 1.33 bits per heavy atom. The number of aromatic nitrogens is 2. The molecular weight excluding hydrogens is 302 g/mol. The molecule has 0 atom stereocenters. The van der Waals surface area contributed by atoms with Crippen LogP contribution in [-0.4, -0.2) is 26.5 Å². The standard InChI is InChI=1S/C19H25N3O2/c1-12-20-16-8-9-22(11-14(16)18(24)21-12)10-13-6-5-7-15(17(13)23)19(2,3)4/h5-7,23H,8-11H2,1-4H3,(H,20,21,24). The van der Waals surface area contributed by atoms with Crippen molar-refractivity contribution in [3.63, 3.8) is 0 Å². The van der Waals surface area contributed by atoms with Gasteiger partial charge >= 0.3 is 0 Å². The Morgan fingerprint density at radius 2 is 2.08 bits per heavy atom. The predicted molar refractivity (Wildman–Crippen MR) is 94.2 cm³/mol. The lowest BCUT2D eigenvalue weighted by Crippen LogP contribution is -2.35. The molecule has 24 heavy (non-hydrogen) atoms. The van der Waals surface area contributed by atoms with Gasteiger partial charge in [0.15, 0.2) is 0 Å². The Bertz CT molecular complexity index is 818. The molecule has 2 heterocycles. The Kier molecular flexibility index (Phi) is 4.22. The zero-order valence-corrected chi connectivity index (χ0v) is 14.8. The summed E-state index contributed by atoms with van der Waals surface area (Å²) >= 11 is 0. The third-order valence-corrected chi connectivity index (χ3v) is 4.59. The van der Waals surface area contributed by atoms with Crippen LogP contribution in [0.2, 0.25) is 0 Å². The zero-order chi connectivity index (χ0) is 17.5. The van der Waals surface area contributed by atoms with Gasteiger partial charge in [0.25, 0.3) is 5.56 Å². The highest BCUT2D eigenvalue weighted by molar-refractivity contribution is 5.44. The Labute approximate surface area is 142 Å². The van der Waals surface area contributed by atoms with E-state index in [1.807, 2.05) is 25.1 Å². The number of hydrogen-bond acceptors (Lipinski definition) is 4. The fourth-order valence-corrected chi connectivity index (χ4v) is 3.31. The van der Waals surface area contributed by atoms with Gasteiger partial charge < -0.3 is 10.1 Å². The van der Waals surface area contributed by atoms with E-state index in [0.717, 1.165) is 35.3 Å². The number of phenolic OH excluding ortho intramolecular Hbond substituents is 1. The average Bonchev–Trinajstić information content (AvgIpc) is 2.48. The minimum Gasteiger partial charge on any atom is -0.507 e. The van der Waals surface area contributed by atoms with Gasteiger partial charge in [-0.3, -0.25) is 9.69 Å². The van der Waals surface area contributed by atoms with E-state index in [1.54, 1.807) is 0 Å². The molecule has 1 aromatic heterocycles. The quantitative estimate of drug-likeness (QED) is 0.890. The highest BCUT2D eigenvalue weighted by Crippen LogP contribution is 2.34. The molecule has 5 heteroatoms. The summed E-state index contributed by atoms with van der Waals surface area (Å²) in [6, 6.07) is 5.92. The van der Waals surface area contributed by atoms with Crippen LogP contribution in [0.5, 0.6) is 5.75 Å². The van der Waals surface area contributed by atoms with E-state index in [1.165, 1.54) is 0 Å². The third kappa shape index (κ3) is 3.22. The maximum atomic E-state index is 12.2. The molecule has 2 aromatic rings. The molecule has 1 aliphatic rings. The molecule has 2 N–H and O–H groups in total. The van der Waals surface area contributed by atoms with E-state index in [-0.39, 0.29) is 11.0 Å². The topological polar surface area (TPSA) is 69.2 Å². The van der Waals surface area contributed by atoms with Crippen molar-refractivity contribution in [3.05, 3.63) is 56.8 Å². The van der Waals surface area contributed by atoms with Gasteiger partial charge in [0.1, 0.15) is 11.6 Å². The highest BCUT2D eigenvalue weighted by Gasteiger charge is 2.24. The minimum absolute atomic E-state index is 0.0464. The van der Waals surface area contributed by atoms with E-state index < -0.39 is 0 Å². The molecule has 1 aliphatic heterocycles. The van der Waals surface area contributed by atoms with Crippen LogP contribution in [0.4, 0.5) is 0 Å². The number of aromatic amines is 1. The number of nitrogens with one attached hydrogen (secondary N) is 1. The van der Waals surface area contributed by atoms with Crippen LogP contribution in [0.3, 0.4) is 0 Å². The number of aromatic hydroxyl groups is 1. The maximum Gasteiger partial charge on any atom is 0.255 e. The number of fused-ring (bicyclic) bond motifs is 1. The van der Waals surface area contributed by atoms with Crippen molar-refractivity contribution in [1.82, 2.24) is 14.9 Å². The largest absolute Gasteiger partial charge is 0.507 e. The van der Waals surface area contributed by atoms with E-state index in [9.17, 15) is 9.90 Å². The van der Waals surface area contributed by atoms with Crippen molar-refractivity contribution < 1.29 is 5.11 Å². The maximum absolute atomic E-state index is 12.2. The first kappa shape index (κ1) is 16.7. The second-order valence-corrected chi connectivity index (χ2v) is 7.60. The summed E-state index contributed by atoms with van der Waals surface area (Å²) < 4.78 is 0. The van der Waals surface area contributed by atoms with Crippen molar-refractivity contribution in [3.8, 4) is 5.75 Å². The van der Waals surface area contributed by atoms with E-state index >= 15 is 0 Å². The number of H-pyrrole nitrogens is 1. The molecule has 0 unspecified atom stereocenters. The van der Waals surface area contributed by atoms with Crippen molar-refractivity contribution >= 4 is 0 Å². The molecule has 0 aliphatic carbocycles. The summed E-state index contributed by atoms with van der Waals surface area (Å²) in [4.78, 5) is 21.6. The number of rotatable bonds is 2. The summed E-state index contributed by atoms with van der Waals surface area (Å²) in [5.41, 5.74) is 3.36. The second kappa shape index (κ2) is 6.06. The Hall–Kier alpha value is -2.14. The lowest BCUT2D eigenvalue weighted by atomic mass is 9.85. The molecule has 0 spiro atoms. The average molecular weight is 327 g/mol. The summed E-state index contributed by atoms with van der Waals surface area (Å²) in [5, 5.41) is 10.6. The predicted octanol–water partition coefficient (Wildman–Crippen LogP) is 2.64. The van der Waals surface area contributed by atoms with Gasteiger partial charge in [-0.25, -0.2) is 4.98 Å². The lowest BCUT2D eigenvalue weighted by molar-refractivity contribution is 0.238. The molecule has 0 amide bonds. The third-order valence-electron chi connectivity index (χ3n) is 4.59. The van der Waals surface area contributed by atoms with Gasteiger partial charge in [0.05, 0.1) is 11.3 Å².